The van der Waals surface area contributed by atoms with Gasteiger partial charge in [0.15, 0.2) is 0 Å². The van der Waals surface area contributed by atoms with E-state index in [4.69, 9.17) is 14.6 Å². The molecular formula is C9H14O4. The highest BCUT2D eigenvalue weighted by Crippen LogP contribution is 2.24. The smallest absolute Gasteiger partial charge is 0.337 e. The van der Waals surface area contributed by atoms with Gasteiger partial charge in [-0.1, -0.05) is 0 Å². The van der Waals surface area contributed by atoms with E-state index in [0.717, 1.165) is 0 Å². The first-order valence-corrected chi connectivity index (χ1v) is 4.20. The molecule has 0 aromatic carbocycles. The molecule has 1 aliphatic heterocycles. The minimum Gasteiger partial charge on any atom is -0.457 e. The first-order chi connectivity index (χ1) is 5.89. The Hall–Kier alpha value is -1.03. The second-order valence-corrected chi connectivity index (χ2v) is 3.59. The first kappa shape index (κ1) is 10.1. The van der Waals surface area contributed by atoms with Crippen molar-refractivity contribution in [2.45, 2.75) is 39.1 Å². The van der Waals surface area contributed by atoms with Crippen LogP contribution >= 0.6 is 0 Å². The number of aliphatic hydroxyl groups is 1. The Balaban J connectivity index is 2.70. The molecule has 0 unspecified atom stereocenters. The number of carbonyl (C=O) groups is 1. The van der Waals surface area contributed by atoms with E-state index in [0.29, 0.717) is 12.2 Å². The van der Waals surface area contributed by atoms with Crippen molar-refractivity contribution < 1.29 is 19.4 Å². The van der Waals surface area contributed by atoms with Crippen LogP contribution in [-0.4, -0.2) is 23.0 Å². The third-order valence-corrected chi connectivity index (χ3v) is 1.50. The van der Waals surface area contributed by atoms with Gasteiger partial charge in [-0.25, -0.2) is 4.79 Å². The molecule has 0 saturated heterocycles. The van der Waals surface area contributed by atoms with E-state index < -0.39 is 17.9 Å². The molecule has 0 aromatic heterocycles. The topological polar surface area (TPSA) is 55.8 Å². The van der Waals surface area contributed by atoms with Crippen LogP contribution in [0.25, 0.3) is 0 Å². The number of ether oxygens (including phenoxy) is 2. The molecule has 0 radical (unpaired) electrons. The standard InChI is InChI=1S/C9H14O4/c1-6(10)4-7-5-8(11)13-9(2,3)12-7/h5-6,10H,4H2,1-3H3/t6-/m0/s1. The van der Waals surface area contributed by atoms with Gasteiger partial charge in [-0.05, 0) is 6.92 Å². The van der Waals surface area contributed by atoms with Crippen LogP contribution in [0.1, 0.15) is 27.2 Å². The summed E-state index contributed by atoms with van der Waals surface area (Å²) in [5, 5.41) is 9.09. The van der Waals surface area contributed by atoms with Gasteiger partial charge in [0.25, 0.3) is 0 Å². The van der Waals surface area contributed by atoms with E-state index in [1.54, 1.807) is 20.8 Å². The maximum Gasteiger partial charge on any atom is 0.337 e. The third-order valence-electron chi connectivity index (χ3n) is 1.50. The zero-order valence-corrected chi connectivity index (χ0v) is 8.03. The molecule has 0 bridgehead atoms. The summed E-state index contributed by atoms with van der Waals surface area (Å²) in [6, 6.07) is 0. The largest absolute Gasteiger partial charge is 0.457 e. The van der Waals surface area contributed by atoms with E-state index in [-0.39, 0.29) is 0 Å². The quantitative estimate of drug-likeness (QED) is 0.652. The van der Waals surface area contributed by atoms with Gasteiger partial charge < -0.3 is 14.6 Å². The Morgan fingerprint density at radius 3 is 2.62 bits per heavy atom. The molecule has 1 N–H and O–H groups in total. The molecule has 13 heavy (non-hydrogen) atoms. The number of hydrogen-bond acceptors (Lipinski definition) is 4. The zero-order chi connectivity index (χ0) is 10.1. The number of esters is 1. The van der Waals surface area contributed by atoms with Gasteiger partial charge in [-0.15, -0.1) is 0 Å². The number of cyclic esters (lactones) is 1. The maximum atomic E-state index is 11.0. The van der Waals surface area contributed by atoms with E-state index in [9.17, 15) is 4.79 Å². The van der Waals surface area contributed by atoms with Crippen LogP contribution in [0.2, 0.25) is 0 Å². The zero-order valence-electron chi connectivity index (χ0n) is 8.03. The van der Waals surface area contributed by atoms with Crippen LogP contribution in [0.15, 0.2) is 11.8 Å². The Morgan fingerprint density at radius 2 is 2.15 bits per heavy atom. The summed E-state index contributed by atoms with van der Waals surface area (Å²) >= 11 is 0. The van der Waals surface area contributed by atoms with Gasteiger partial charge in [0.2, 0.25) is 5.79 Å². The highest BCUT2D eigenvalue weighted by atomic mass is 16.7. The van der Waals surface area contributed by atoms with E-state index in [1.165, 1.54) is 6.08 Å². The normalized spacial score (nSPS) is 22.8. The summed E-state index contributed by atoms with van der Waals surface area (Å²) in [5.74, 6) is -0.876. The minimum absolute atomic E-state index is 0.332. The van der Waals surface area contributed by atoms with Crippen LogP contribution < -0.4 is 0 Å². The predicted octanol–water partition coefficient (Wildman–Crippen LogP) is 0.951. The fourth-order valence-corrected chi connectivity index (χ4v) is 1.16. The van der Waals surface area contributed by atoms with Crippen molar-refractivity contribution in [2.75, 3.05) is 0 Å². The molecule has 4 heteroatoms. The van der Waals surface area contributed by atoms with E-state index in [1.807, 2.05) is 0 Å². The number of hydrogen-bond donors (Lipinski definition) is 1. The lowest BCUT2D eigenvalue weighted by molar-refractivity contribution is -0.206. The van der Waals surface area contributed by atoms with Crippen molar-refractivity contribution in [3.05, 3.63) is 11.8 Å². The van der Waals surface area contributed by atoms with E-state index in [2.05, 4.69) is 0 Å². The Morgan fingerprint density at radius 1 is 1.54 bits per heavy atom. The van der Waals surface area contributed by atoms with Crippen LogP contribution in [-0.2, 0) is 14.3 Å². The Bertz CT molecular complexity index is 240. The Kier molecular flexibility index (Phi) is 2.61. The molecule has 4 nitrogen and oxygen atoms in total. The summed E-state index contributed by atoms with van der Waals surface area (Å²) in [5.41, 5.74) is 0. The van der Waals surface area contributed by atoms with Crippen molar-refractivity contribution in [1.29, 1.82) is 0 Å². The van der Waals surface area contributed by atoms with Crippen molar-refractivity contribution in [1.82, 2.24) is 0 Å². The monoisotopic (exact) mass is 186 g/mol. The molecule has 1 atom stereocenters. The third kappa shape index (κ3) is 3.06. The predicted molar refractivity (Wildman–Crippen MR) is 45.6 cm³/mol. The number of carbonyl (C=O) groups excluding carboxylic acids is 1. The average molecular weight is 186 g/mol. The summed E-state index contributed by atoms with van der Waals surface area (Å²) in [6.45, 7) is 4.94. The summed E-state index contributed by atoms with van der Waals surface area (Å²) < 4.78 is 10.2. The van der Waals surface area contributed by atoms with Crippen molar-refractivity contribution in [3.63, 3.8) is 0 Å². The lowest BCUT2D eigenvalue weighted by Crippen LogP contribution is -2.34. The fourth-order valence-electron chi connectivity index (χ4n) is 1.16. The highest BCUT2D eigenvalue weighted by molar-refractivity contribution is 5.83. The average Bonchev–Trinajstić information content (AvgIpc) is 1.78. The van der Waals surface area contributed by atoms with E-state index >= 15 is 0 Å². The molecule has 1 heterocycles. The SMILES string of the molecule is C[C@H](O)CC1=CC(=O)OC(C)(C)O1. The fraction of sp³-hybridized carbons (Fsp3) is 0.667. The van der Waals surface area contributed by atoms with Gasteiger partial charge in [0.05, 0.1) is 12.2 Å². The summed E-state index contributed by atoms with van der Waals surface area (Å²) in [6.07, 6.45) is 1.07. The molecule has 1 rings (SSSR count). The Labute approximate surface area is 77.1 Å². The summed E-state index contributed by atoms with van der Waals surface area (Å²) in [4.78, 5) is 11.0. The lowest BCUT2D eigenvalue weighted by atomic mass is 10.2. The van der Waals surface area contributed by atoms with Crippen LogP contribution in [0.5, 0.6) is 0 Å². The van der Waals surface area contributed by atoms with Gasteiger partial charge in [-0.3, -0.25) is 0 Å². The highest BCUT2D eigenvalue weighted by Gasteiger charge is 2.30. The number of rotatable bonds is 2. The van der Waals surface area contributed by atoms with Crippen molar-refractivity contribution >= 4 is 5.97 Å². The molecule has 0 amide bonds. The van der Waals surface area contributed by atoms with Crippen molar-refractivity contribution in [3.8, 4) is 0 Å². The maximum absolute atomic E-state index is 11.0. The first-order valence-electron chi connectivity index (χ1n) is 4.20. The van der Waals surface area contributed by atoms with Crippen molar-refractivity contribution in [2.24, 2.45) is 0 Å². The lowest BCUT2D eigenvalue weighted by Gasteiger charge is -2.30. The molecular weight excluding hydrogens is 172 g/mol. The molecule has 0 spiro atoms. The minimum atomic E-state index is -0.921. The van der Waals surface area contributed by atoms with Gasteiger partial charge in [0.1, 0.15) is 5.76 Å². The molecule has 0 saturated carbocycles. The van der Waals surface area contributed by atoms with Crippen LogP contribution in [0.3, 0.4) is 0 Å². The molecule has 0 aliphatic carbocycles. The summed E-state index contributed by atoms with van der Waals surface area (Å²) in [7, 11) is 0. The van der Waals surface area contributed by atoms with Crippen LogP contribution in [0, 0.1) is 0 Å². The second kappa shape index (κ2) is 3.38. The molecule has 0 aromatic rings. The molecule has 74 valence electrons. The molecule has 1 aliphatic rings. The number of aliphatic hydroxyl groups excluding tert-OH is 1. The van der Waals surface area contributed by atoms with Gasteiger partial charge in [-0.2, -0.15) is 0 Å². The van der Waals surface area contributed by atoms with Gasteiger partial charge >= 0.3 is 5.97 Å². The molecule has 0 fully saturated rings. The van der Waals surface area contributed by atoms with Crippen LogP contribution in [0.4, 0.5) is 0 Å². The second-order valence-electron chi connectivity index (χ2n) is 3.59. The van der Waals surface area contributed by atoms with Gasteiger partial charge in [0, 0.05) is 20.3 Å².